The Kier molecular flexibility index (Phi) is 4.04. The van der Waals surface area contributed by atoms with E-state index in [1.54, 1.807) is 17.0 Å². The molecule has 94 valence electrons. The quantitative estimate of drug-likeness (QED) is 0.469. The molecule has 0 aliphatic carbocycles. The zero-order valence-corrected chi connectivity index (χ0v) is 10.3. The maximum atomic E-state index is 12.2. The van der Waals surface area contributed by atoms with Crippen molar-refractivity contribution in [1.29, 1.82) is 0 Å². The van der Waals surface area contributed by atoms with Gasteiger partial charge in [-0.2, -0.15) is 0 Å². The van der Waals surface area contributed by atoms with Crippen LogP contribution in [0, 0.1) is 0 Å². The van der Waals surface area contributed by atoms with Crippen LogP contribution in [0.1, 0.15) is 10.4 Å². The van der Waals surface area contributed by atoms with Crippen LogP contribution in [-0.4, -0.2) is 37.1 Å². The number of amides is 1. The van der Waals surface area contributed by atoms with Gasteiger partial charge >= 0.3 is 0 Å². The monoisotopic (exact) mass is 266 g/mol. The van der Waals surface area contributed by atoms with Crippen LogP contribution in [-0.2, 0) is 4.74 Å². The molecule has 7 heteroatoms. The lowest BCUT2D eigenvalue weighted by molar-refractivity contribution is 0.0303. The van der Waals surface area contributed by atoms with E-state index in [1.165, 1.54) is 6.07 Å². The molecule has 1 aromatic rings. The van der Waals surface area contributed by atoms with Crippen molar-refractivity contribution in [3.63, 3.8) is 0 Å². The Bertz CT molecular complexity index is 508. The molecule has 0 N–H and O–H groups in total. The Balaban J connectivity index is 2.24. The zero-order chi connectivity index (χ0) is 13.0. The summed E-state index contributed by atoms with van der Waals surface area (Å²) in [4.78, 5) is 16.5. The Morgan fingerprint density at radius 2 is 2.17 bits per heavy atom. The predicted molar refractivity (Wildman–Crippen MR) is 67.0 cm³/mol. The molecule has 6 nitrogen and oxygen atoms in total. The average Bonchev–Trinajstić information content (AvgIpc) is 2.42. The second-order valence-corrected chi connectivity index (χ2v) is 4.17. The van der Waals surface area contributed by atoms with E-state index in [-0.39, 0.29) is 11.6 Å². The molecule has 0 unspecified atom stereocenters. The van der Waals surface area contributed by atoms with Gasteiger partial charge in [0.25, 0.3) is 5.91 Å². The molecule has 18 heavy (non-hydrogen) atoms. The molecule has 1 aliphatic rings. The molecule has 1 saturated heterocycles. The number of hydrogen-bond donors (Lipinski definition) is 0. The van der Waals surface area contributed by atoms with Crippen LogP contribution in [0.2, 0.25) is 5.02 Å². The van der Waals surface area contributed by atoms with Gasteiger partial charge in [0.1, 0.15) is 0 Å². The number of carbonyl (C=O) groups is 1. The van der Waals surface area contributed by atoms with Crippen LogP contribution in [0.15, 0.2) is 23.3 Å². The molecule has 0 spiro atoms. The summed E-state index contributed by atoms with van der Waals surface area (Å²) >= 11 is 5.86. The van der Waals surface area contributed by atoms with Crippen LogP contribution >= 0.6 is 11.6 Å². The predicted octanol–water partition coefficient (Wildman–Crippen LogP) is 2.75. The fraction of sp³-hybridized carbons (Fsp3) is 0.364. The number of azide groups is 1. The van der Waals surface area contributed by atoms with E-state index in [1.807, 2.05) is 0 Å². The molecule has 1 fully saturated rings. The summed E-state index contributed by atoms with van der Waals surface area (Å²) in [5, 5.41) is 3.77. The van der Waals surface area contributed by atoms with Gasteiger partial charge < -0.3 is 9.64 Å². The summed E-state index contributed by atoms with van der Waals surface area (Å²) < 4.78 is 5.19. The minimum atomic E-state index is -0.107. The van der Waals surface area contributed by atoms with Crippen molar-refractivity contribution in [2.45, 2.75) is 0 Å². The molecule has 0 saturated carbocycles. The molecule has 1 aromatic carbocycles. The van der Waals surface area contributed by atoms with Crippen molar-refractivity contribution in [3.8, 4) is 0 Å². The summed E-state index contributed by atoms with van der Waals surface area (Å²) in [5.41, 5.74) is 9.13. The van der Waals surface area contributed by atoms with Gasteiger partial charge in [-0.3, -0.25) is 4.79 Å². The molecule has 0 radical (unpaired) electrons. The van der Waals surface area contributed by atoms with E-state index >= 15 is 0 Å². The van der Waals surface area contributed by atoms with Crippen LogP contribution in [0.3, 0.4) is 0 Å². The fourth-order valence-electron chi connectivity index (χ4n) is 1.72. The highest BCUT2D eigenvalue weighted by Gasteiger charge is 2.18. The lowest BCUT2D eigenvalue weighted by Gasteiger charge is -2.27. The molecule has 1 aliphatic heterocycles. The number of hydrogen-bond acceptors (Lipinski definition) is 3. The first kappa shape index (κ1) is 12.7. The second kappa shape index (κ2) is 5.73. The molecule has 0 atom stereocenters. The minimum absolute atomic E-state index is 0.107. The first-order valence-electron chi connectivity index (χ1n) is 5.44. The lowest BCUT2D eigenvalue weighted by atomic mass is 10.1. The van der Waals surface area contributed by atoms with Crippen molar-refractivity contribution in [2.75, 3.05) is 26.3 Å². The van der Waals surface area contributed by atoms with E-state index in [4.69, 9.17) is 21.9 Å². The van der Waals surface area contributed by atoms with Gasteiger partial charge in [0.2, 0.25) is 0 Å². The first-order chi connectivity index (χ1) is 8.72. The second-order valence-electron chi connectivity index (χ2n) is 3.76. The molecular formula is C11H11ClN4O2. The van der Waals surface area contributed by atoms with Gasteiger partial charge in [-0.15, -0.1) is 0 Å². The lowest BCUT2D eigenvalue weighted by Crippen LogP contribution is -2.40. The summed E-state index contributed by atoms with van der Waals surface area (Å²) in [7, 11) is 0. The van der Waals surface area contributed by atoms with E-state index in [9.17, 15) is 4.79 Å². The van der Waals surface area contributed by atoms with E-state index in [0.29, 0.717) is 36.9 Å². The maximum absolute atomic E-state index is 12.2. The third-order valence-corrected chi connectivity index (χ3v) is 2.96. The van der Waals surface area contributed by atoms with Crippen LogP contribution < -0.4 is 0 Å². The van der Waals surface area contributed by atoms with Gasteiger partial charge in [-0.1, -0.05) is 16.7 Å². The standard InChI is InChI=1S/C11H11ClN4O2/c12-9-2-1-8(7-10(9)14-15-13)11(17)16-3-5-18-6-4-16/h1-2,7H,3-6H2. The highest BCUT2D eigenvalue weighted by molar-refractivity contribution is 6.33. The van der Waals surface area contributed by atoms with Crippen molar-refractivity contribution in [2.24, 2.45) is 5.11 Å². The van der Waals surface area contributed by atoms with Gasteiger partial charge in [0.15, 0.2) is 0 Å². The maximum Gasteiger partial charge on any atom is 0.254 e. The van der Waals surface area contributed by atoms with E-state index < -0.39 is 0 Å². The fourth-order valence-corrected chi connectivity index (χ4v) is 1.87. The third-order valence-electron chi connectivity index (χ3n) is 2.64. The zero-order valence-electron chi connectivity index (χ0n) is 9.54. The summed E-state index contributed by atoms with van der Waals surface area (Å²) in [6.45, 7) is 2.22. The number of halogens is 1. The summed E-state index contributed by atoms with van der Waals surface area (Å²) in [6, 6.07) is 4.68. The number of rotatable bonds is 2. The highest BCUT2D eigenvalue weighted by Crippen LogP contribution is 2.26. The molecule has 0 aromatic heterocycles. The van der Waals surface area contributed by atoms with E-state index in [0.717, 1.165) is 0 Å². The number of morpholine rings is 1. The number of nitrogens with zero attached hydrogens (tertiary/aromatic N) is 4. The number of ether oxygens (including phenoxy) is 1. The Morgan fingerprint density at radius 1 is 1.44 bits per heavy atom. The highest BCUT2D eigenvalue weighted by atomic mass is 35.5. The van der Waals surface area contributed by atoms with Crippen LogP contribution in [0.4, 0.5) is 5.69 Å². The van der Waals surface area contributed by atoms with Crippen LogP contribution in [0.5, 0.6) is 0 Å². The van der Waals surface area contributed by atoms with E-state index in [2.05, 4.69) is 10.0 Å². The normalized spacial score (nSPS) is 15.1. The van der Waals surface area contributed by atoms with Gasteiger partial charge in [0.05, 0.1) is 23.9 Å². The Labute approximate surface area is 109 Å². The number of carbonyl (C=O) groups excluding carboxylic acids is 1. The summed E-state index contributed by atoms with van der Waals surface area (Å²) in [6.07, 6.45) is 0. The third kappa shape index (κ3) is 2.73. The molecule has 1 amide bonds. The average molecular weight is 267 g/mol. The van der Waals surface area contributed by atoms with Gasteiger partial charge in [0, 0.05) is 23.6 Å². The van der Waals surface area contributed by atoms with Crippen LogP contribution in [0.25, 0.3) is 10.4 Å². The first-order valence-corrected chi connectivity index (χ1v) is 5.82. The SMILES string of the molecule is [N-]=[N+]=Nc1cc(C(=O)N2CCOCC2)ccc1Cl. The molecule has 1 heterocycles. The van der Waals surface area contributed by atoms with Crippen molar-refractivity contribution < 1.29 is 9.53 Å². The smallest absolute Gasteiger partial charge is 0.254 e. The largest absolute Gasteiger partial charge is 0.378 e. The van der Waals surface area contributed by atoms with Crippen molar-refractivity contribution in [3.05, 3.63) is 39.2 Å². The number of benzene rings is 1. The van der Waals surface area contributed by atoms with Gasteiger partial charge in [-0.25, -0.2) is 0 Å². The van der Waals surface area contributed by atoms with Crippen molar-refractivity contribution in [1.82, 2.24) is 4.90 Å². The topological polar surface area (TPSA) is 78.3 Å². The molecule has 0 bridgehead atoms. The Hall–Kier alpha value is -1.75. The molecular weight excluding hydrogens is 256 g/mol. The minimum Gasteiger partial charge on any atom is -0.378 e. The Morgan fingerprint density at radius 3 is 2.83 bits per heavy atom. The van der Waals surface area contributed by atoms with Gasteiger partial charge in [-0.05, 0) is 23.7 Å². The summed E-state index contributed by atoms with van der Waals surface area (Å²) in [5.74, 6) is -0.107. The molecule has 2 rings (SSSR count). The van der Waals surface area contributed by atoms with Crippen molar-refractivity contribution >= 4 is 23.2 Å².